The fraction of sp³-hybridized carbons (Fsp3) is 0.923. The van der Waals surface area contributed by atoms with Gasteiger partial charge in [-0.25, -0.2) is 0 Å². The number of rotatable bonds is 1. The summed E-state index contributed by atoms with van der Waals surface area (Å²) in [5.41, 5.74) is -0.329. The van der Waals surface area contributed by atoms with Crippen molar-refractivity contribution < 1.29 is 14.3 Å². The number of carbonyl (C=O) groups is 1. The van der Waals surface area contributed by atoms with E-state index in [1.165, 1.54) is 32.6 Å². The van der Waals surface area contributed by atoms with Crippen LogP contribution in [0.15, 0.2) is 0 Å². The first-order valence-corrected chi connectivity index (χ1v) is 6.34. The lowest BCUT2D eigenvalue weighted by Gasteiger charge is -2.47. The van der Waals surface area contributed by atoms with Crippen molar-refractivity contribution in [3.05, 3.63) is 0 Å². The number of carbonyl (C=O) groups excluding carboxylic acids is 1. The second kappa shape index (κ2) is 4.36. The van der Waals surface area contributed by atoms with E-state index in [1.807, 2.05) is 13.8 Å². The molecule has 0 spiro atoms. The summed E-state index contributed by atoms with van der Waals surface area (Å²) >= 11 is 0. The molecule has 1 aliphatic carbocycles. The van der Waals surface area contributed by atoms with Crippen molar-refractivity contribution in [2.45, 2.75) is 70.7 Å². The van der Waals surface area contributed by atoms with Crippen LogP contribution in [0.25, 0.3) is 0 Å². The van der Waals surface area contributed by atoms with Crippen LogP contribution in [0.4, 0.5) is 0 Å². The number of hydrogen-bond acceptors (Lipinski definition) is 3. The van der Waals surface area contributed by atoms with Gasteiger partial charge in [0.25, 0.3) is 0 Å². The van der Waals surface area contributed by atoms with E-state index in [0.29, 0.717) is 12.0 Å². The van der Waals surface area contributed by atoms with Crippen LogP contribution in [-0.4, -0.2) is 23.8 Å². The third-order valence-electron chi connectivity index (χ3n) is 3.89. The zero-order valence-electron chi connectivity index (χ0n) is 10.5. The van der Waals surface area contributed by atoms with Crippen LogP contribution in [0.2, 0.25) is 0 Å². The fourth-order valence-corrected chi connectivity index (χ4v) is 3.01. The molecule has 16 heavy (non-hydrogen) atoms. The summed E-state index contributed by atoms with van der Waals surface area (Å²) in [5.74, 6) is 0.391. The Bertz CT molecular complexity index is 272. The number of ether oxygens (including phenoxy) is 2. The molecular weight excluding hydrogens is 204 g/mol. The molecule has 1 saturated heterocycles. The SMILES string of the molecule is CC(=O)O[C@H]1C[C@H]2CCCC[C@@H]2OC1(C)C. The molecule has 0 aromatic heterocycles. The van der Waals surface area contributed by atoms with Crippen molar-refractivity contribution in [1.82, 2.24) is 0 Å². The van der Waals surface area contributed by atoms with Crippen LogP contribution >= 0.6 is 0 Å². The Hall–Kier alpha value is -0.570. The van der Waals surface area contributed by atoms with Crippen LogP contribution in [0.3, 0.4) is 0 Å². The quantitative estimate of drug-likeness (QED) is 0.645. The molecule has 0 bridgehead atoms. The van der Waals surface area contributed by atoms with Crippen molar-refractivity contribution >= 4 is 5.97 Å². The Balaban J connectivity index is 2.05. The molecule has 3 nitrogen and oxygen atoms in total. The lowest BCUT2D eigenvalue weighted by Crippen LogP contribution is -2.53. The summed E-state index contributed by atoms with van der Waals surface area (Å²) < 4.78 is 11.5. The van der Waals surface area contributed by atoms with Gasteiger partial charge in [0.2, 0.25) is 0 Å². The van der Waals surface area contributed by atoms with E-state index in [1.54, 1.807) is 0 Å². The first kappa shape index (κ1) is 11.9. The monoisotopic (exact) mass is 226 g/mol. The van der Waals surface area contributed by atoms with E-state index < -0.39 is 0 Å². The molecule has 3 atom stereocenters. The van der Waals surface area contributed by atoms with E-state index in [0.717, 1.165) is 6.42 Å². The molecular formula is C13H22O3. The maximum Gasteiger partial charge on any atom is 0.303 e. The molecule has 2 aliphatic rings. The van der Waals surface area contributed by atoms with Gasteiger partial charge in [0, 0.05) is 6.92 Å². The maximum atomic E-state index is 11.1. The Morgan fingerprint density at radius 2 is 2.00 bits per heavy atom. The van der Waals surface area contributed by atoms with Gasteiger partial charge >= 0.3 is 5.97 Å². The molecule has 2 fully saturated rings. The molecule has 1 aliphatic heterocycles. The molecule has 0 aromatic rings. The molecule has 92 valence electrons. The Morgan fingerprint density at radius 1 is 1.31 bits per heavy atom. The van der Waals surface area contributed by atoms with Gasteiger partial charge in [-0.3, -0.25) is 4.79 Å². The molecule has 0 unspecified atom stereocenters. The van der Waals surface area contributed by atoms with E-state index in [9.17, 15) is 4.79 Å². The standard InChI is InChI=1S/C13H22O3/c1-9(14)15-12-8-10-6-4-5-7-11(10)16-13(12,2)3/h10-12H,4-8H2,1-3H3/t10-,11+,12+/m1/s1. The summed E-state index contributed by atoms with van der Waals surface area (Å²) in [6, 6.07) is 0. The van der Waals surface area contributed by atoms with Crippen molar-refractivity contribution in [1.29, 1.82) is 0 Å². The van der Waals surface area contributed by atoms with Gasteiger partial charge in [0.05, 0.1) is 11.7 Å². The third-order valence-corrected chi connectivity index (χ3v) is 3.89. The minimum Gasteiger partial charge on any atom is -0.459 e. The Morgan fingerprint density at radius 3 is 2.69 bits per heavy atom. The highest BCUT2D eigenvalue weighted by Gasteiger charge is 2.45. The second-order valence-corrected chi connectivity index (χ2v) is 5.64. The highest BCUT2D eigenvalue weighted by Crippen LogP contribution is 2.41. The van der Waals surface area contributed by atoms with Crippen LogP contribution in [0, 0.1) is 5.92 Å². The lowest BCUT2D eigenvalue weighted by molar-refractivity contribution is -0.216. The minimum absolute atomic E-state index is 0.0793. The topological polar surface area (TPSA) is 35.5 Å². The summed E-state index contributed by atoms with van der Waals surface area (Å²) in [5, 5.41) is 0. The summed E-state index contributed by atoms with van der Waals surface area (Å²) in [4.78, 5) is 11.1. The van der Waals surface area contributed by atoms with Crippen molar-refractivity contribution in [3.63, 3.8) is 0 Å². The molecule has 0 N–H and O–H groups in total. The second-order valence-electron chi connectivity index (χ2n) is 5.64. The third kappa shape index (κ3) is 2.40. The molecule has 1 saturated carbocycles. The zero-order valence-corrected chi connectivity index (χ0v) is 10.5. The van der Waals surface area contributed by atoms with Gasteiger partial charge in [0.1, 0.15) is 6.10 Å². The molecule has 2 rings (SSSR count). The Kier molecular flexibility index (Phi) is 3.24. The van der Waals surface area contributed by atoms with Gasteiger partial charge < -0.3 is 9.47 Å². The molecule has 1 heterocycles. The van der Waals surface area contributed by atoms with E-state index >= 15 is 0 Å². The van der Waals surface area contributed by atoms with Crippen LogP contribution in [0.1, 0.15) is 52.9 Å². The fourth-order valence-electron chi connectivity index (χ4n) is 3.01. The molecule has 3 heteroatoms. The number of fused-ring (bicyclic) bond motifs is 1. The largest absolute Gasteiger partial charge is 0.459 e. The van der Waals surface area contributed by atoms with Crippen molar-refractivity contribution in [2.24, 2.45) is 5.92 Å². The maximum absolute atomic E-state index is 11.1. The number of esters is 1. The number of hydrogen-bond donors (Lipinski definition) is 0. The summed E-state index contributed by atoms with van der Waals surface area (Å²) in [6.45, 7) is 5.54. The highest BCUT2D eigenvalue weighted by atomic mass is 16.6. The molecule has 0 amide bonds. The van der Waals surface area contributed by atoms with Crippen LogP contribution < -0.4 is 0 Å². The normalized spacial score (nSPS) is 37.6. The van der Waals surface area contributed by atoms with Gasteiger partial charge in [-0.2, -0.15) is 0 Å². The molecule has 0 aromatic carbocycles. The van der Waals surface area contributed by atoms with Crippen LogP contribution in [0.5, 0.6) is 0 Å². The van der Waals surface area contributed by atoms with Gasteiger partial charge in [-0.15, -0.1) is 0 Å². The summed E-state index contributed by atoms with van der Waals surface area (Å²) in [7, 11) is 0. The predicted molar refractivity (Wildman–Crippen MR) is 61.1 cm³/mol. The van der Waals surface area contributed by atoms with Crippen molar-refractivity contribution in [3.8, 4) is 0 Å². The molecule has 0 radical (unpaired) electrons. The Labute approximate surface area is 97.5 Å². The van der Waals surface area contributed by atoms with E-state index in [-0.39, 0.29) is 17.7 Å². The van der Waals surface area contributed by atoms with Gasteiger partial charge in [-0.05, 0) is 39.0 Å². The predicted octanol–water partition coefficient (Wildman–Crippen LogP) is 2.68. The van der Waals surface area contributed by atoms with E-state index in [4.69, 9.17) is 9.47 Å². The first-order valence-electron chi connectivity index (χ1n) is 6.34. The van der Waals surface area contributed by atoms with Crippen molar-refractivity contribution in [2.75, 3.05) is 0 Å². The van der Waals surface area contributed by atoms with E-state index in [2.05, 4.69) is 0 Å². The van der Waals surface area contributed by atoms with Gasteiger partial charge in [0.15, 0.2) is 0 Å². The average Bonchev–Trinajstić information content (AvgIpc) is 2.17. The smallest absolute Gasteiger partial charge is 0.303 e. The average molecular weight is 226 g/mol. The zero-order chi connectivity index (χ0) is 11.8. The summed E-state index contributed by atoms with van der Waals surface area (Å²) in [6.07, 6.45) is 6.23. The first-order chi connectivity index (χ1) is 7.49. The minimum atomic E-state index is -0.329. The van der Waals surface area contributed by atoms with Crippen LogP contribution in [-0.2, 0) is 14.3 Å². The lowest BCUT2D eigenvalue weighted by atomic mass is 9.77. The highest BCUT2D eigenvalue weighted by molar-refractivity contribution is 5.66. The van der Waals surface area contributed by atoms with Gasteiger partial charge in [-0.1, -0.05) is 12.8 Å².